The van der Waals surface area contributed by atoms with Crippen molar-refractivity contribution in [3.8, 4) is 6.07 Å². The molecule has 42 heavy (non-hydrogen) atoms. The van der Waals surface area contributed by atoms with E-state index in [1.165, 1.54) is 23.5 Å². The highest BCUT2D eigenvalue weighted by Gasteiger charge is 2.45. The molecule has 3 aromatic rings. The van der Waals surface area contributed by atoms with E-state index in [-0.39, 0.29) is 39.6 Å². The van der Waals surface area contributed by atoms with Gasteiger partial charge in [-0.1, -0.05) is 78.9 Å². The van der Waals surface area contributed by atoms with Crippen molar-refractivity contribution in [2.75, 3.05) is 16.0 Å². The molecule has 1 unspecified atom stereocenters. The number of hydrogen-bond acceptors (Lipinski definition) is 10. The lowest BCUT2D eigenvalue weighted by Gasteiger charge is -2.42. The molecule has 2 aliphatic rings. The number of nitriles is 1. The molecular weight excluding hydrogens is 573 g/mol. The summed E-state index contributed by atoms with van der Waals surface area (Å²) in [6, 6.07) is 16.2. The van der Waals surface area contributed by atoms with Crippen molar-refractivity contribution in [3.63, 3.8) is 0 Å². The number of amides is 1. The quantitative estimate of drug-likeness (QED) is 0.307. The number of rotatable bonds is 7. The van der Waals surface area contributed by atoms with Gasteiger partial charge in [0.25, 0.3) is 0 Å². The van der Waals surface area contributed by atoms with Crippen molar-refractivity contribution >= 4 is 51.6 Å². The molecule has 1 amide bonds. The van der Waals surface area contributed by atoms with Crippen molar-refractivity contribution in [2.45, 2.75) is 43.9 Å². The van der Waals surface area contributed by atoms with E-state index in [4.69, 9.17) is 5.73 Å². The lowest BCUT2D eigenvalue weighted by molar-refractivity contribution is -0.118. The largest absolute Gasteiger partial charge is 0.478 e. The Balaban J connectivity index is 1.45. The molecule has 10 nitrogen and oxygen atoms in total. The molecule has 0 saturated heterocycles. The molecule has 1 atom stereocenters. The van der Waals surface area contributed by atoms with E-state index in [2.05, 4.69) is 21.6 Å². The average Bonchev–Trinajstić information content (AvgIpc) is 3.39. The van der Waals surface area contributed by atoms with E-state index in [0.29, 0.717) is 33.6 Å². The number of thioether (sulfide) groups is 1. The Morgan fingerprint density at radius 3 is 2.69 bits per heavy atom. The number of allylic oxidation sites excluding steroid dienone is 3. The van der Waals surface area contributed by atoms with Crippen LogP contribution in [-0.2, 0) is 9.59 Å². The molecule has 0 fully saturated rings. The molecule has 5 rings (SSSR count). The number of aromatic carboxylic acids is 1. The van der Waals surface area contributed by atoms with Gasteiger partial charge in [-0.25, -0.2) is 4.79 Å². The second-order valence-corrected chi connectivity index (χ2v) is 13.1. The summed E-state index contributed by atoms with van der Waals surface area (Å²) in [6.07, 6.45) is 0.890. The Morgan fingerprint density at radius 2 is 1.98 bits per heavy atom. The minimum Gasteiger partial charge on any atom is -0.478 e. The first kappa shape index (κ1) is 29.0. The Morgan fingerprint density at radius 1 is 1.21 bits per heavy atom. The van der Waals surface area contributed by atoms with E-state index >= 15 is 0 Å². The Hall–Kier alpha value is -4.47. The summed E-state index contributed by atoms with van der Waals surface area (Å²) in [6.45, 7) is 6.01. The molecule has 0 radical (unpaired) electrons. The number of aryl methyl sites for hydroxylation is 1. The summed E-state index contributed by atoms with van der Waals surface area (Å²) in [4.78, 5) is 39.4. The smallest absolute Gasteiger partial charge is 0.337 e. The molecule has 4 N–H and O–H groups in total. The number of para-hydroxylation sites is 1. The first-order chi connectivity index (χ1) is 20.0. The predicted molar refractivity (Wildman–Crippen MR) is 161 cm³/mol. The fraction of sp³-hybridized carbons (Fsp3) is 0.267. The van der Waals surface area contributed by atoms with Crippen LogP contribution in [0.1, 0.15) is 54.1 Å². The topological polar surface area (TPSA) is 162 Å². The summed E-state index contributed by atoms with van der Waals surface area (Å²) >= 11 is 2.33. The zero-order chi connectivity index (χ0) is 30.2. The Kier molecular flexibility index (Phi) is 7.90. The number of carbonyl (C=O) groups is 3. The van der Waals surface area contributed by atoms with Gasteiger partial charge in [-0.05, 0) is 36.5 Å². The number of aromatic nitrogens is 2. The van der Waals surface area contributed by atoms with Crippen LogP contribution in [-0.4, -0.2) is 38.7 Å². The van der Waals surface area contributed by atoms with Crippen LogP contribution in [0.2, 0.25) is 0 Å². The van der Waals surface area contributed by atoms with Crippen LogP contribution in [0.15, 0.2) is 75.5 Å². The highest BCUT2D eigenvalue weighted by Crippen LogP contribution is 2.50. The number of nitrogens with zero attached hydrogens (tertiary/aromatic N) is 4. The number of ketones is 1. The van der Waals surface area contributed by atoms with Crippen LogP contribution in [0.3, 0.4) is 0 Å². The summed E-state index contributed by atoms with van der Waals surface area (Å²) in [5.74, 6) is -1.99. The number of hydrogen-bond donors (Lipinski definition) is 3. The summed E-state index contributed by atoms with van der Waals surface area (Å²) in [7, 11) is 0. The standard InChI is InChI=1S/C30H28N6O4S2/c1-16-7-6-8-17(11-16)24-19(14-31)26(32)36(21-12-30(2,3)13-22(37)25(21)24)28-34-35-29(42-28)41-15-23(38)33-20-10-5-4-9-18(20)27(39)40/h4-11,24H,12-13,15,32H2,1-3H3,(H,33,38)(H,39,40). The lowest BCUT2D eigenvalue weighted by atomic mass is 9.68. The Labute approximate surface area is 250 Å². The van der Waals surface area contributed by atoms with Gasteiger partial charge in [-0.2, -0.15) is 5.26 Å². The van der Waals surface area contributed by atoms with Crippen LogP contribution in [0.5, 0.6) is 0 Å². The highest BCUT2D eigenvalue weighted by atomic mass is 32.2. The second kappa shape index (κ2) is 11.4. The number of carbonyl (C=O) groups excluding carboxylic acids is 2. The van der Waals surface area contributed by atoms with Crippen LogP contribution in [0, 0.1) is 23.7 Å². The third-order valence-corrected chi connectivity index (χ3v) is 9.14. The maximum atomic E-state index is 13.7. The minimum atomic E-state index is -1.14. The molecule has 1 aliphatic heterocycles. The maximum Gasteiger partial charge on any atom is 0.337 e. The normalized spacial score (nSPS) is 18.0. The number of carboxylic acids is 1. The predicted octanol–water partition coefficient (Wildman–Crippen LogP) is 5.22. The fourth-order valence-corrected chi connectivity index (χ4v) is 7.03. The fourth-order valence-electron chi connectivity index (χ4n) is 5.35. The van der Waals surface area contributed by atoms with Crippen LogP contribution in [0.25, 0.3) is 0 Å². The first-order valence-corrected chi connectivity index (χ1v) is 14.9. The van der Waals surface area contributed by atoms with Crippen molar-refractivity contribution in [3.05, 3.63) is 87.9 Å². The maximum absolute atomic E-state index is 13.7. The van der Waals surface area contributed by atoms with Gasteiger partial charge in [0.2, 0.25) is 11.0 Å². The van der Waals surface area contributed by atoms with Gasteiger partial charge in [0.05, 0.1) is 34.6 Å². The van der Waals surface area contributed by atoms with Crippen LogP contribution < -0.4 is 16.0 Å². The molecule has 2 aromatic carbocycles. The minimum absolute atomic E-state index is 0.00675. The van der Waals surface area contributed by atoms with Crippen LogP contribution >= 0.6 is 23.1 Å². The molecule has 1 aliphatic carbocycles. The van der Waals surface area contributed by atoms with Gasteiger partial charge in [0.15, 0.2) is 10.1 Å². The van der Waals surface area contributed by atoms with Gasteiger partial charge in [-0.15, -0.1) is 10.2 Å². The highest BCUT2D eigenvalue weighted by molar-refractivity contribution is 8.01. The van der Waals surface area contributed by atoms with E-state index in [9.17, 15) is 24.8 Å². The second-order valence-electron chi connectivity index (χ2n) is 10.9. The number of benzene rings is 2. The van der Waals surface area contributed by atoms with Crippen molar-refractivity contribution in [2.24, 2.45) is 11.1 Å². The summed E-state index contributed by atoms with van der Waals surface area (Å²) < 4.78 is 0.474. The van der Waals surface area contributed by atoms with Crippen LogP contribution in [0.4, 0.5) is 10.8 Å². The molecule has 0 spiro atoms. The zero-order valence-corrected chi connectivity index (χ0v) is 24.8. The van der Waals surface area contributed by atoms with E-state index in [1.54, 1.807) is 17.0 Å². The number of nitrogens with two attached hydrogens (primary N) is 1. The Bertz CT molecular complexity index is 1720. The van der Waals surface area contributed by atoms with Gasteiger partial charge in [0.1, 0.15) is 5.82 Å². The number of nitrogens with one attached hydrogen (secondary N) is 1. The zero-order valence-electron chi connectivity index (χ0n) is 23.2. The molecule has 214 valence electrons. The number of anilines is 2. The molecule has 2 heterocycles. The molecule has 0 saturated carbocycles. The molecule has 1 aromatic heterocycles. The molecular formula is C30H28N6O4S2. The van der Waals surface area contributed by atoms with Gasteiger partial charge >= 0.3 is 5.97 Å². The van der Waals surface area contributed by atoms with Crippen molar-refractivity contribution < 1.29 is 19.5 Å². The summed E-state index contributed by atoms with van der Waals surface area (Å²) in [5.41, 5.74) is 9.92. The first-order valence-electron chi connectivity index (χ1n) is 13.1. The van der Waals surface area contributed by atoms with E-state index in [1.807, 2.05) is 45.0 Å². The van der Waals surface area contributed by atoms with Gasteiger partial charge in [-0.3, -0.25) is 14.5 Å². The van der Waals surface area contributed by atoms with Crippen molar-refractivity contribution in [1.82, 2.24) is 10.2 Å². The third-order valence-electron chi connectivity index (χ3n) is 7.10. The molecule has 0 bridgehead atoms. The SMILES string of the molecule is Cc1cccc(C2C(C#N)=C(N)N(c3nnc(SCC(=O)Nc4ccccc4C(=O)O)s3)C3=C2C(=O)CC(C)(C)C3)c1. The van der Waals surface area contributed by atoms with Gasteiger partial charge < -0.3 is 16.2 Å². The van der Waals surface area contributed by atoms with Gasteiger partial charge in [0, 0.05) is 17.7 Å². The lowest BCUT2D eigenvalue weighted by Crippen LogP contribution is -2.42. The van der Waals surface area contributed by atoms with Crippen molar-refractivity contribution in [1.29, 1.82) is 5.26 Å². The number of Topliss-reactive ketones (excluding diaryl/α,β-unsaturated/α-hetero) is 1. The van der Waals surface area contributed by atoms with E-state index < -0.39 is 17.8 Å². The third kappa shape index (κ3) is 5.66. The monoisotopic (exact) mass is 600 g/mol. The number of carboxylic acid groups (broad SMARTS) is 1. The summed E-state index contributed by atoms with van der Waals surface area (Å²) in [5, 5.41) is 31.2. The average molecular weight is 601 g/mol. The van der Waals surface area contributed by atoms with E-state index in [0.717, 1.165) is 22.9 Å². The molecule has 12 heteroatoms.